The van der Waals surface area contributed by atoms with E-state index in [4.69, 9.17) is 11.6 Å². The zero-order valence-corrected chi connectivity index (χ0v) is 13.6. The van der Waals surface area contributed by atoms with E-state index in [1.807, 2.05) is 30.3 Å². The standard InChI is InChI=1S/C17H13ClN2O2S/c18-12-6-7-14(21)13(9-12)20-16(22)10-23-15-5-1-3-11-4-2-8-19-17(11)15/h1-9,21H,10H2,(H,20,22). The molecule has 6 heteroatoms. The van der Waals surface area contributed by atoms with E-state index in [1.165, 1.54) is 23.9 Å². The highest BCUT2D eigenvalue weighted by Gasteiger charge is 2.09. The highest BCUT2D eigenvalue weighted by molar-refractivity contribution is 8.00. The molecule has 0 bridgehead atoms. The summed E-state index contributed by atoms with van der Waals surface area (Å²) in [6.07, 6.45) is 1.73. The number of phenols is 1. The highest BCUT2D eigenvalue weighted by Crippen LogP contribution is 2.28. The lowest BCUT2D eigenvalue weighted by Crippen LogP contribution is -2.14. The van der Waals surface area contributed by atoms with E-state index >= 15 is 0 Å². The Kier molecular flexibility index (Phi) is 4.69. The highest BCUT2D eigenvalue weighted by atomic mass is 35.5. The number of phenolic OH excluding ortho intramolecular Hbond substituents is 1. The monoisotopic (exact) mass is 344 g/mol. The normalized spacial score (nSPS) is 10.7. The molecule has 3 aromatic rings. The number of carbonyl (C=O) groups excluding carboxylic acids is 1. The Morgan fingerprint density at radius 1 is 1.22 bits per heavy atom. The second-order valence-corrected chi connectivity index (χ2v) is 6.28. The summed E-state index contributed by atoms with van der Waals surface area (Å²) in [6, 6.07) is 14.2. The second kappa shape index (κ2) is 6.89. The zero-order valence-electron chi connectivity index (χ0n) is 12.0. The van der Waals surface area contributed by atoms with Crippen LogP contribution in [0.2, 0.25) is 5.02 Å². The Balaban J connectivity index is 1.70. The van der Waals surface area contributed by atoms with Gasteiger partial charge in [0.15, 0.2) is 0 Å². The molecule has 2 N–H and O–H groups in total. The Bertz CT molecular complexity index is 865. The molecule has 0 radical (unpaired) electrons. The molecular weight excluding hydrogens is 332 g/mol. The third-order valence-corrected chi connectivity index (χ3v) is 4.47. The van der Waals surface area contributed by atoms with Gasteiger partial charge in [0.1, 0.15) is 5.75 Å². The number of aromatic hydroxyl groups is 1. The molecule has 1 aromatic heterocycles. The van der Waals surface area contributed by atoms with Crippen LogP contribution in [0.4, 0.5) is 5.69 Å². The minimum absolute atomic E-state index is 0.0143. The van der Waals surface area contributed by atoms with Gasteiger partial charge in [0, 0.05) is 21.5 Å². The van der Waals surface area contributed by atoms with Crippen LogP contribution in [0.1, 0.15) is 0 Å². The molecule has 0 aliphatic carbocycles. The summed E-state index contributed by atoms with van der Waals surface area (Å²) >= 11 is 7.26. The van der Waals surface area contributed by atoms with Gasteiger partial charge in [-0.15, -0.1) is 11.8 Å². The number of anilines is 1. The van der Waals surface area contributed by atoms with Crippen LogP contribution < -0.4 is 5.32 Å². The number of aromatic nitrogens is 1. The van der Waals surface area contributed by atoms with Crippen LogP contribution in [0.3, 0.4) is 0 Å². The van der Waals surface area contributed by atoms with Gasteiger partial charge in [-0.25, -0.2) is 0 Å². The molecule has 0 spiro atoms. The van der Waals surface area contributed by atoms with Crippen LogP contribution in [0.15, 0.2) is 59.6 Å². The van der Waals surface area contributed by atoms with Crippen LogP contribution >= 0.6 is 23.4 Å². The van der Waals surface area contributed by atoms with E-state index in [2.05, 4.69) is 10.3 Å². The van der Waals surface area contributed by atoms with Gasteiger partial charge < -0.3 is 10.4 Å². The summed E-state index contributed by atoms with van der Waals surface area (Å²) in [6.45, 7) is 0. The molecule has 0 saturated heterocycles. The predicted molar refractivity (Wildman–Crippen MR) is 94.2 cm³/mol. The lowest BCUT2D eigenvalue weighted by atomic mass is 10.2. The second-order valence-electron chi connectivity index (χ2n) is 4.83. The van der Waals surface area contributed by atoms with Gasteiger partial charge >= 0.3 is 0 Å². The summed E-state index contributed by atoms with van der Waals surface area (Å²) in [5, 5.41) is 13.9. The molecule has 3 rings (SSSR count). The summed E-state index contributed by atoms with van der Waals surface area (Å²) in [4.78, 5) is 17.4. The summed E-state index contributed by atoms with van der Waals surface area (Å²) in [5.41, 5.74) is 1.18. The van der Waals surface area contributed by atoms with E-state index < -0.39 is 0 Å². The van der Waals surface area contributed by atoms with Crippen molar-refractivity contribution in [3.05, 3.63) is 59.8 Å². The number of benzene rings is 2. The smallest absolute Gasteiger partial charge is 0.234 e. The molecular formula is C17H13ClN2O2S. The van der Waals surface area contributed by atoms with Gasteiger partial charge in [0.25, 0.3) is 0 Å². The number of rotatable bonds is 4. The number of amides is 1. The first kappa shape index (κ1) is 15.6. The average Bonchev–Trinajstić information content (AvgIpc) is 2.56. The van der Waals surface area contributed by atoms with Crippen molar-refractivity contribution in [3.63, 3.8) is 0 Å². The van der Waals surface area contributed by atoms with Crippen molar-refractivity contribution in [2.45, 2.75) is 4.90 Å². The zero-order chi connectivity index (χ0) is 16.2. The molecule has 0 saturated carbocycles. The maximum Gasteiger partial charge on any atom is 0.234 e. The number of thioether (sulfide) groups is 1. The molecule has 0 atom stereocenters. The number of hydrogen-bond acceptors (Lipinski definition) is 4. The van der Waals surface area contributed by atoms with Crippen LogP contribution in [-0.2, 0) is 4.79 Å². The molecule has 23 heavy (non-hydrogen) atoms. The Morgan fingerprint density at radius 3 is 2.91 bits per heavy atom. The molecule has 116 valence electrons. The van der Waals surface area contributed by atoms with E-state index in [0.29, 0.717) is 10.7 Å². The number of hydrogen-bond donors (Lipinski definition) is 2. The lowest BCUT2D eigenvalue weighted by Gasteiger charge is -2.08. The van der Waals surface area contributed by atoms with Crippen molar-refractivity contribution in [1.82, 2.24) is 4.98 Å². The fourth-order valence-corrected chi connectivity index (χ4v) is 3.14. The van der Waals surface area contributed by atoms with Gasteiger partial charge in [0.05, 0.1) is 17.0 Å². The fourth-order valence-electron chi connectivity index (χ4n) is 2.13. The first-order chi connectivity index (χ1) is 11.1. The number of nitrogens with one attached hydrogen (secondary N) is 1. The third-order valence-electron chi connectivity index (χ3n) is 3.19. The molecule has 0 aliphatic rings. The first-order valence-corrected chi connectivity index (χ1v) is 8.25. The quantitative estimate of drug-likeness (QED) is 0.546. The molecule has 1 amide bonds. The summed E-state index contributed by atoms with van der Waals surface area (Å²) in [5.74, 6) is -0.0261. The minimum Gasteiger partial charge on any atom is -0.506 e. The largest absolute Gasteiger partial charge is 0.506 e. The van der Waals surface area contributed by atoms with Crippen LogP contribution in [0.25, 0.3) is 10.9 Å². The van der Waals surface area contributed by atoms with E-state index in [-0.39, 0.29) is 17.4 Å². The van der Waals surface area contributed by atoms with E-state index in [0.717, 1.165) is 15.8 Å². The molecule has 0 aliphatic heterocycles. The molecule has 1 heterocycles. The van der Waals surface area contributed by atoms with Crippen molar-refractivity contribution in [2.24, 2.45) is 0 Å². The topological polar surface area (TPSA) is 62.2 Å². The summed E-state index contributed by atoms with van der Waals surface area (Å²) in [7, 11) is 0. The predicted octanol–water partition coefficient (Wildman–Crippen LogP) is 4.32. The van der Waals surface area contributed by atoms with Gasteiger partial charge in [-0.1, -0.05) is 29.8 Å². The van der Waals surface area contributed by atoms with Crippen LogP contribution in [-0.4, -0.2) is 21.8 Å². The third kappa shape index (κ3) is 3.75. The molecule has 0 unspecified atom stereocenters. The van der Waals surface area contributed by atoms with Crippen LogP contribution in [0, 0.1) is 0 Å². The van der Waals surface area contributed by atoms with Crippen molar-refractivity contribution in [2.75, 3.05) is 11.1 Å². The Labute approximate surface area is 142 Å². The molecule has 0 fully saturated rings. The number of fused-ring (bicyclic) bond motifs is 1. The number of carbonyl (C=O) groups is 1. The van der Waals surface area contributed by atoms with Gasteiger partial charge in [-0.2, -0.15) is 0 Å². The number of halogens is 1. The number of pyridine rings is 1. The number of para-hydroxylation sites is 1. The van der Waals surface area contributed by atoms with Gasteiger partial charge in [-0.3, -0.25) is 9.78 Å². The van der Waals surface area contributed by atoms with Crippen molar-refractivity contribution in [3.8, 4) is 5.75 Å². The maximum absolute atomic E-state index is 12.1. The minimum atomic E-state index is -0.222. The van der Waals surface area contributed by atoms with E-state index in [1.54, 1.807) is 12.3 Å². The SMILES string of the molecule is O=C(CSc1cccc2cccnc12)Nc1cc(Cl)ccc1O. The molecule has 2 aromatic carbocycles. The average molecular weight is 345 g/mol. The Hall–Kier alpha value is -2.24. The van der Waals surface area contributed by atoms with Crippen molar-refractivity contribution < 1.29 is 9.90 Å². The fraction of sp³-hybridized carbons (Fsp3) is 0.0588. The first-order valence-electron chi connectivity index (χ1n) is 6.88. The van der Waals surface area contributed by atoms with Gasteiger partial charge in [-0.05, 0) is 30.3 Å². The van der Waals surface area contributed by atoms with Crippen molar-refractivity contribution >= 4 is 45.9 Å². The summed E-state index contributed by atoms with van der Waals surface area (Å²) < 4.78 is 0. The van der Waals surface area contributed by atoms with Crippen molar-refractivity contribution in [1.29, 1.82) is 0 Å². The number of nitrogens with zero attached hydrogens (tertiary/aromatic N) is 1. The molecule has 4 nitrogen and oxygen atoms in total. The van der Waals surface area contributed by atoms with Crippen LogP contribution in [0.5, 0.6) is 5.75 Å². The maximum atomic E-state index is 12.1. The van der Waals surface area contributed by atoms with Gasteiger partial charge in [0.2, 0.25) is 5.91 Å². The Morgan fingerprint density at radius 2 is 2.04 bits per heavy atom. The lowest BCUT2D eigenvalue weighted by molar-refractivity contribution is -0.113. The van der Waals surface area contributed by atoms with E-state index in [9.17, 15) is 9.90 Å².